The van der Waals surface area contributed by atoms with Crippen LogP contribution in [0.1, 0.15) is 23.1 Å². The van der Waals surface area contributed by atoms with Crippen molar-refractivity contribution in [2.75, 3.05) is 5.32 Å². The number of fused-ring (bicyclic) bond motifs is 2. The van der Waals surface area contributed by atoms with Crippen molar-refractivity contribution in [3.8, 4) is 5.69 Å². The van der Waals surface area contributed by atoms with Crippen molar-refractivity contribution in [3.05, 3.63) is 96.3 Å². The zero-order valence-corrected chi connectivity index (χ0v) is 17.1. The van der Waals surface area contributed by atoms with E-state index in [0.717, 1.165) is 28.7 Å². The van der Waals surface area contributed by atoms with Gasteiger partial charge in [-0.3, -0.25) is 4.79 Å². The van der Waals surface area contributed by atoms with Crippen molar-refractivity contribution < 1.29 is 4.79 Å². The zero-order valence-electron chi connectivity index (χ0n) is 17.1. The van der Waals surface area contributed by atoms with Crippen LogP contribution in [0.4, 0.5) is 5.69 Å². The lowest BCUT2D eigenvalue weighted by molar-refractivity contribution is 0.101. The molecule has 4 heteroatoms. The summed E-state index contributed by atoms with van der Waals surface area (Å²) in [5.74, 6) is -0.109. The quantitative estimate of drug-likeness (QED) is 0.403. The van der Waals surface area contributed by atoms with Gasteiger partial charge in [0.15, 0.2) is 0 Å². The van der Waals surface area contributed by atoms with E-state index in [0.29, 0.717) is 5.69 Å². The topological polar surface area (TPSA) is 39.0 Å². The van der Waals surface area contributed by atoms with E-state index in [2.05, 4.69) is 59.3 Å². The van der Waals surface area contributed by atoms with Crippen molar-refractivity contribution in [2.24, 2.45) is 7.05 Å². The molecule has 0 fully saturated rings. The van der Waals surface area contributed by atoms with Crippen LogP contribution in [0, 0.1) is 0 Å². The third-order valence-electron chi connectivity index (χ3n) is 5.72. The van der Waals surface area contributed by atoms with E-state index >= 15 is 0 Å². The SMILES string of the molecule is CCc1cc2ccccc2n1-c1ccc(NC(=O)c2cc3ccccc3n2C)cc1. The molecule has 1 N–H and O–H groups in total. The molecule has 2 aromatic heterocycles. The molecule has 5 rings (SSSR count). The summed E-state index contributed by atoms with van der Waals surface area (Å²) in [6, 6.07) is 28.6. The minimum absolute atomic E-state index is 0.109. The number of nitrogens with zero attached hydrogens (tertiary/aromatic N) is 2. The van der Waals surface area contributed by atoms with E-state index in [-0.39, 0.29) is 5.91 Å². The first-order valence-corrected chi connectivity index (χ1v) is 10.2. The number of benzene rings is 3. The zero-order chi connectivity index (χ0) is 20.7. The van der Waals surface area contributed by atoms with Gasteiger partial charge in [-0.1, -0.05) is 43.3 Å². The summed E-state index contributed by atoms with van der Waals surface area (Å²) in [5, 5.41) is 5.33. The third kappa shape index (κ3) is 2.98. The Hall–Kier alpha value is -3.79. The molecule has 0 aliphatic rings. The minimum Gasteiger partial charge on any atom is -0.340 e. The Kier molecular flexibility index (Phi) is 4.40. The van der Waals surface area contributed by atoms with Gasteiger partial charge in [0.1, 0.15) is 5.69 Å². The maximum absolute atomic E-state index is 12.9. The van der Waals surface area contributed by atoms with E-state index in [4.69, 9.17) is 0 Å². The fraction of sp³-hybridized carbons (Fsp3) is 0.115. The van der Waals surface area contributed by atoms with Crippen molar-refractivity contribution in [3.63, 3.8) is 0 Å². The molecule has 4 nitrogen and oxygen atoms in total. The summed E-state index contributed by atoms with van der Waals surface area (Å²) >= 11 is 0. The van der Waals surface area contributed by atoms with Gasteiger partial charge in [-0.15, -0.1) is 0 Å². The minimum atomic E-state index is -0.109. The van der Waals surface area contributed by atoms with Crippen LogP contribution < -0.4 is 5.32 Å². The highest BCUT2D eigenvalue weighted by atomic mass is 16.1. The number of rotatable bonds is 4. The largest absolute Gasteiger partial charge is 0.340 e. The molecule has 0 saturated heterocycles. The molecule has 0 unspecified atom stereocenters. The normalized spacial score (nSPS) is 11.3. The third-order valence-corrected chi connectivity index (χ3v) is 5.72. The first-order chi connectivity index (χ1) is 14.7. The van der Waals surface area contributed by atoms with Crippen LogP contribution >= 0.6 is 0 Å². The van der Waals surface area contributed by atoms with Crippen molar-refractivity contribution >= 4 is 33.4 Å². The van der Waals surface area contributed by atoms with Crippen LogP contribution in [-0.4, -0.2) is 15.0 Å². The molecular weight excluding hydrogens is 370 g/mol. The van der Waals surface area contributed by atoms with Gasteiger partial charge in [-0.2, -0.15) is 0 Å². The first-order valence-electron chi connectivity index (χ1n) is 10.2. The van der Waals surface area contributed by atoms with E-state index in [9.17, 15) is 4.79 Å². The molecule has 30 heavy (non-hydrogen) atoms. The number of nitrogens with one attached hydrogen (secondary N) is 1. The monoisotopic (exact) mass is 393 g/mol. The standard InChI is InChI=1S/C26H23N3O/c1-3-21-16-18-8-5-7-11-24(18)29(21)22-14-12-20(13-15-22)27-26(30)25-17-19-9-4-6-10-23(19)28(25)2/h4-17H,3H2,1-2H3,(H,27,30). The molecule has 5 aromatic rings. The fourth-order valence-electron chi connectivity index (χ4n) is 4.17. The van der Waals surface area contributed by atoms with Gasteiger partial charge in [0, 0.05) is 40.4 Å². The second-order valence-corrected chi connectivity index (χ2v) is 7.53. The highest BCUT2D eigenvalue weighted by Gasteiger charge is 2.14. The van der Waals surface area contributed by atoms with Crippen LogP contribution in [-0.2, 0) is 13.5 Å². The maximum Gasteiger partial charge on any atom is 0.272 e. The lowest BCUT2D eigenvalue weighted by Crippen LogP contribution is -2.15. The second kappa shape index (κ2) is 7.23. The Morgan fingerprint density at radius 2 is 1.47 bits per heavy atom. The van der Waals surface area contributed by atoms with Gasteiger partial charge < -0.3 is 14.5 Å². The Balaban J connectivity index is 1.44. The van der Waals surface area contributed by atoms with Crippen molar-refractivity contribution in [1.29, 1.82) is 0 Å². The van der Waals surface area contributed by atoms with E-state index in [1.165, 1.54) is 16.6 Å². The average Bonchev–Trinajstić information content (AvgIpc) is 3.32. The molecule has 0 bridgehead atoms. The summed E-state index contributed by atoms with van der Waals surface area (Å²) < 4.78 is 4.21. The predicted octanol–water partition coefficient (Wildman–Crippen LogP) is 5.94. The number of hydrogen-bond acceptors (Lipinski definition) is 1. The number of para-hydroxylation sites is 2. The first kappa shape index (κ1) is 18.3. The fourth-order valence-corrected chi connectivity index (χ4v) is 4.17. The maximum atomic E-state index is 12.9. The molecule has 3 aromatic carbocycles. The highest BCUT2D eigenvalue weighted by Crippen LogP contribution is 2.26. The lowest BCUT2D eigenvalue weighted by atomic mass is 10.2. The van der Waals surface area contributed by atoms with Crippen LogP contribution in [0.15, 0.2) is 84.9 Å². The lowest BCUT2D eigenvalue weighted by Gasteiger charge is -2.12. The van der Waals surface area contributed by atoms with Gasteiger partial charge in [0.2, 0.25) is 0 Å². The van der Waals surface area contributed by atoms with Crippen molar-refractivity contribution in [1.82, 2.24) is 9.13 Å². The van der Waals surface area contributed by atoms with E-state index in [1.54, 1.807) is 0 Å². The van der Waals surface area contributed by atoms with Crippen LogP contribution in [0.3, 0.4) is 0 Å². The molecule has 1 amide bonds. The number of aromatic nitrogens is 2. The molecular formula is C26H23N3O. The van der Waals surface area contributed by atoms with Gasteiger partial charge >= 0.3 is 0 Å². The van der Waals surface area contributed by atoms with E-state index < -0.39 is 0 Å². The molecule has 0 spiro atoms. The number of carbonyl (C=O) groups is 1. The van der Waals surface area contributed by atoms with Crippen LogP contribution in [0.2, 0.25) is 0 Å². The van der Waals surface area contributed by atoms with Crippen LogP contribution in [0.5, 0.6) is 0 Å². The summed E-state index contributed by atoms with van der Waals surface area (Å²) in [6.45, 7) is 2.17. The molecule has 0 saturated carbocycles. The molecule has 0 atom stereocenters. The highest BCUT2D eigenvalue weighted by molar-refractivity contribution is 6.06. The molecule has 0 aliphatic carbocycles. The molecule has 148 valence electrons. The summed E-state index contributed by atoms with van der Waals surface area (Å²) in [4.78, 5) is 12.9. The molecule has 0 aliphatic heterocycles. The van der Waals surface area contributed by atoms with Crippen LogP contribution in [0.25, 0.3) is 27.5 Å². The Bertz CT molecular complexity index is 1370. The predicted molar refractivity (Wildman–Crippen MR) is 124 cm³/mol. The number of hydrogen-bond donors (Lipinski definition) is 1. The number of carbonyl (C=O) groups excluding carboxylic acids is 1. The van der Waals surface area contributed by atoms with Gasteiger partial charge in [-0.05, 0) is 55.0 Å². The Labute approximate surface area is 175 Å². The number of aryl methyl sites for hydroxylation is 2. The summed E-state index contributed by atoms with van der Waals surface area (Å²) in [7, 11) is 1.92. The average molecular weight is 393 g/mol. The summed E-state index contributed by atoms with van der Waals surface area (Å²) in [6.07, 6.45) is 0.953. The summed E-state index contributed by atoms with van der Waals surface area (Å²) in [5.41, 5.74) is 6.03. The Morgan fingerprint density at radius 1 is 0.833 bits per heavy atom. The number of amides is 1. The molecule has 2 heterocycles. The van der Waals surface area contributed by atoms with Crippen molar-refractivity contribution in [2.45, 2.75) is 13.3 Å². The van der Waals surface area contributed by atoms with Gasteiger partial charge in [0.05, 0.1) is 5.52 Å². The van der Waals surface area contributed by atoms with Gasteiger partial charge in [0.25, 0.3) is 5.91 Å². The smallest absolute Gasteiger partial charge is 0.272 e. The number of anilines is 1. The Morgan fingerprint density at radius 3 is 2.13 bits per heavy atom. The van der Waals surface area contributed by atoms with Gasteiger partial charge in [-0.25, -0.2) is 0 Å². The second-order valence-electron chi connectivity index (χ2n) is 7.53. The molecule has 0 radical (unpaired) electrons. The van der Waals surface area contributed by atoms with E-state index in [1.807, 2.05) is 54.1 Å².